The normalized spacial score (nSPS) is 11.5. The number of ether oxygens (including phenoxy) is 1. The lowest BCUT2D eigenvalue weighted by molar-refractivity contribution is -0.274. The van der Waals surface area contributed by atoms with Crippen LogP contribution in [0.5, 0.6) is 5.75 Å². The first-order chi connectivity index (χ1) is 13.0. The zero-order valence-electron chi connectivity index (χ0n) is 13.7. The Bertz CT molecular complexity index is 1060. The number of fused-ring (bicyclic) bond motifs is 1. The average molecular weight is 371 g/mol. The molecule has 0 fully saturated rings. The van der Waals surface area contributed by atoms with Gasteiger partial charge in [0.05, 0.1) is 17.3 Å². The van der Waals surface area contributed by atoms with Crippen molar-refractivity contribution in [2.75, 3.05) is 5.32 Å². The lowest BCUT2D eigenvalue weighted by Gasteiger charge is -2.10. The topological polar surface area (TPSA) is 64.9 Å². The molecule has 4 aromatic rings. The molecular formula is C18H12F3N5O. The Labute approximate surface area is 151 Å². The summed E-state index contributed by atoms with van der Waals surface area (Å²) in [6.07, 6.45) is -1.70. The molecule has 0 amide bonds. The number of nitrogens with zero attached hydrogens (tertiary/aromatic N) is 4. The van der Waals surface area contributed by atoms with Crippen LogP contribution in [0.15, 0.2) is 67.1 Å². The number of halogens is 3. The maximum absolute atomic E-state index is 12.2. The van der Waals surface area contributed by atoms with Gasteiger partial charge in [0.15, 0.2) is 5.65 Å². The molecule has 4 rings (SSSR count). The first-order valence-corrected chi connectivity index (χ1v) is 7.86. The quantitative estimate of drug-likeness (QED) is 0.574. The molecule has 0 aliphatic carbocycles. The fourth-order valence-electron chi connectivity index (χ4n) is 2.58. The Hall–Kier alpha value is -3.62. The van der Waals surface area contributed by atoms with Gasteiger partial charge < -0.3 is 10.1 Å². The minimum Gasteiger partial charge on any atom is -0.406 e. The van der Waals surface area contributed by atoms with Crippen LogP contribution in [-0.4, -0.2) is 26.1 Å². The first kappa shape index (κ1) is 16.8. The van der Waals surface area contributed by atoms with E-state index in [1.165, 1.54) is 30.6 Å². The Kier molecular flexibility index (Phi) is 4.11. The first-order valence-electron chi connectivity index (χ1n) is 7.86. The molecule has 0 saturated carbocycles. The maximum atomic E-state index is 12.2. The van der Waals surface area contributed by atoms with E-state index in [0.29, 0.717) is 22.5 Å². The van der Waals surface area contributed by atoms with Gasteiger partial charge in [0.1, 0.15) is 17.9 Å². The highest BCUT2D eigenvalue weighted by atomic mass is 19.4. The number of para-hydroxylation sites is 1. The van der Waals surface area contributed by atoms with E-state index in [0.717, 1.165) is 5.69 Å². The van der Waals surface area contributed by atoms with Crippen LogP contribution >= 0.6 is 0 Å². The number of aromatic nitrogens is 4. The number of hydrogen-bond acceptors (Lipinski definition) is 5. The van der Waals surface area contributed by atoms with Crippen molar-refractivity contribution in [3.05, 3.63) is 67.1 Å². The molecule has 0 unspecified atom stereocenters. The SMILES string of the molecule is FC(F)(F)Oc1ccc(Nc2ncnc3c2cnn3-c2ccccc2)cc1. The monoisotopic (exact) mass is 371 g/mol. The molecule has 27 heavy (non-hydrogen) atoms. The van der Waals surface area contributed by atoms with E-state index in [-0.39, 0.29) is 5.75 Å². The van der Waals surface area contributed by atoms with Crippen molar-refractivity contribution in [2.45, 2.75) is 6.36 Å². The Morgan fingerprint density at radius 2 is 1.67 bits per heavy atom. The van der Waals surface area contributed by atoms with Crippen LogP contribution in [0.3, 0.4) is 0 Å². The second-order valence-electron chi connectivity index (χ2n) is 5.55. The summed E-state index contributed by atoms with van der Waals surface area (Å²) >= 11 is 0. The number of alkyl halides is 3. The summed E-state index contributed by atoms with van der Waals surface area (Å²) in [7, 11) is 0. The van der Waals surface area contributed by atoms with Gasteiger partial charge in [-0.05, 0) is 36.4 Å². The smallest absolute Gasteiger partial charge is 0.406 e. The van der Waals surface area contributed by atoms with Gasteiger partial charge in [0.2, 0.25) is 0 Å². The van der Waals surface area contributed by atoms with Gasteiger partial charge in [0.25, 0.3) is 0 Å². The third kappa shape index (κ3) is 3.66. The summed E-state index contributed by atoms with van der Waals surface area (Å²) in [6.45, 7) is 0. The second-order valence-corrected chi connectivity index (χ2v) is 5.55. The molecule has 9 heteroatoms. The maximum Gasteiger partial charge on any atom is 0.573 e. The predicted octanol–water partition coefficient (Wildman–Crippen LogP) is 4.46. The van der Waals surface area contributed by atoms with Gasteiger partial charge in [-0.15, -0.1) is 13.2 Å². The van der Waals surface area contributed by atoms with E-state index >= 15 is 0 Å². The van der Waals surface area contributed by atoms with E-state index in [2.05, 4.69) is 25.1 Å². The van der Waals surface area contributed by atoms with Crippen LogP contribution in [0.2, 0.25) is 0 Å². The summed E-state index contributed by atoms with van der Waals surface area (Å²) in [5.74, 6) is 0.199. The lowest BCUT2D eigenvalue weighted by atomic mass is 10.3. The van der Waals surface area contributed by atoms with Crippen molar-refractivity contribution < 1.29 is 17.9 Å². The summed E-state index contributed by atoms with van der Waals surface area (Å²) in [4.78, 5) is 8.48. The van der Waals surface area contributed by atoms with Crippen LogP contribution in [-0.2, 0) is 0 Å². The van der Waals surface area contributed by atoms with E-state index in [1.807, 2.05) is 30.3 Å². The minimum atomic E-state index is -4.72. The Morgan fingerprint density at radius 3 is 2.37 bits per heavy atom. The van der Waals surface area contributed by atoms with Crippen LogP contribution in [0.4, 0.5) is 24.7 Å². The zero-order chi connectivity index (χ0) is 18.9. The lowest BCUT2D eigenvalue weighted by Crippen LogP contribution is -2.16. The van der Waals surface area contributed by atoms with Gasteiger partial charge in [-0.2, -0.15) is 5.10 Å². The van der Waals surface area contributed by atoms with Gasteiger partial charge >= 0.3 is 6.36 Å². The summed E-state index contributed by atoms with van der Waals surface area (Å²) in [6, 6.07) is 14.9. The second kappa shape index (κ2) is 6.60. The standard InChI is InChI=1S/C18H12F3N5O/c19-18(20,21)27-14-8-6-12(7-9-14)25-16-15-10-24-26(17(15)23-11-22-16)13-4-2-1-3-5-13/h1-11H,(H,22,23,25). The van der Waals surface area contributed by atoms with Crippen molar-refractivity contribution in [3.8, 4) is 11.4 Å². The molecule has 0 aliphatic rings. The Morgan fingerprint density at radius 1 is 0.926 bits per heavy atom. The average Bonchev–Trinajstić information content (AvgIpc) is 3.08. The van der Waals surface area contributed by atoms with Crippen molar-refractivity contribution >= 4 is 22.5 Å². The number of hydrogen-bond donors (Lipinski definition) is 1. The summed E-state index contributed by atoms with van der Waals surface area (Å²) in [5, 5.41) is 8.09. The minimum absolute atomic E-state index is 0.294. The zero-order valence-corrected chi connectivity index (χ0v) is 13.7. The van der Waals surface area contributed by atoms with Crippen LogP contribution in [0.1, 0.15) is 0 Å². The molecule has 0 saturated heterocycles. The molecule has 2 aromatic heterocycles. The van der Waals surface area contributed by atoms with E-state index < -0.39 is 6.36 Å². The molecular weight excluding hydrogens is 359 g/mol. The highest BCUT2D eigenvalue weighted by Gasteiger charge is 2.30. The van der Waals surface area contributed by atoms with Gasteiger partial charge in [-0.3, -0.25) is 0 Å². The molecule has 0 spiro atoms. The number of anilines is 2. The molecule has 2 aromatic carbocycles. The third-order valence-corrected chi connectivity index (χ3v) is 3.72. The third-order valence-electron chi connectivity index (χ3n) is 3.72. The van der Waals surface area contributed by atoms with E-state index in [1.54, 1.807) is 10.9 Å². The highest BCUT2D eigenvalue weighted by molar-refractivity contribution is 5.89. The fourth-order valence-corrected chi connectivity index (χ4v) is 2.58. The fraction of sp³-hybridized carbons (Fsp3) is 0.0556. The van der Waals surface area contributed by atoms with Gasteiger partial charge in [-0.1, -0.05) is 18.2 Å². The molecule has 6 nitrogen and oxygen atoms in total. The summed E-state index contributed by atoms with van der Waals surface area (Å²) in [5.41, 5.74) is 2.01. The largest absolute Gasteiger partial charge is 0.573 e. The van der Waals surface area contributed by atoms with Crippen molar-refractivity contribution in [1.82, 2.24) is 19.7 Å². The van der Waals surface area contributed by atoms with E-state index in [9.17, 15) is 13.2 Å². The van der Waals surface area contributed by atoms with Gasteiger partial charge in [-0.25, -0.2) is 14.6 Å². The molecule has 0 atom stereocenters. The number of benzene rings is 2. The van der Waals surface area contributed by atoms with Crippen molar-refractivity contribution in [1.29, 1.82) is 0 Å². The predicted molar refractivity (Wildman–Crippen MR) is 93.1 cm³/mol. The Balaban J connectivity index is 1.62. The molecule has 0 radical (unpaired) electrons. The highest BCUT2D eigenvalue weighted by Crippen LogP contribution is 2.27. The number of rotatable bonds is 4. The van der Waals surface area contributed by atoms with Crippen LogP contribution < -0.4 is 10.1 Å². The van der Waals surface area contributed by atoms with Crippen molar-refractivity contribution in [2.24, 2.45) is 0 Å². The van der Waals surface area contributed by atoms with Crippen LogP contribution in [0.25, 0.3) is 16.7 Å². The summed E-state index contributed by atoms with van der Waals surface area (Å²) < 4.78 is 42.3. The van der Waals surface area contributed by atoms with E-state index in [4.69, 9.17) is 0 Å². The number of nitrogens with one attached hydrogen (secondary N) is 1. The molecule has 2 heterocycles. The van der Waals surface area contributed by atoms with Crippen molar-refractivity contribution in [3.63, 3.8) is 0 Å². The molecule has 0 aliphatic heterocycles. The molecule has 0 bridgehead atoms. The molecule has 136 valence electrons. The van der Waals surface area contributed by atoms with Gasteiger partial charge in [0, 0.05) is 5.69 Å². The molecule has 1 N–H and O–H groups in total. The van der Waals surface area contributed by atoms with Crippen LogP contribution in [0, 0.1) is 0 Å².